The quantitative estimate of drug-likeness (QED) is 0.632. The molecular formula is C25H40N4O4S2. The van der Waals surface area contributed by atoms with E-state index < -0.39 is 17.5 Å². The summed E-state index contributed by atoms with van der Waals surface area (Å²) >= 11 is 0. The van der Waals surface area contributed by atoms with E-state index >= 15 is 0 Å². The number of rotatable bonds is 5. The van der Waals surface area contributed by atoms with Gasteiger partial charge in [-0.1, -0.05) is 27.7 Å². The minimum Gasteiger partial charge on any atom is -0.369 e. The molecule has 10 heteroatoms. The number of benzene rings is 1. The molecule has 0 saturated carbocycles. The first-order valence-corrected chi connectivity index (χ1v) is 12.0. The van der Waals surface area contributed by atoms with Crippen LogP contribution in [0.3, 0.4) is 0 Å². The Balaban J connectivity index is 0.00000216. The fraction of sp³-hybridized carbons (Fsp3) is 0.640. The normalized spacial score (nSPS) is 23.3. The lowest BCUT2D eigenvalue weighted by atomic mass is 9.85. The van der Waals surface area contributed by atoms with Gasteiger partial charge >= 0.3 is 0 Å². The lowest BCUT2D eigenvalue weighted by Gasteiger charge is -2.36. The maximum Gasteiger partial charge on any atom is 0.251 e. The van der Waals surface area contributed by atoms with Crippen molar-refractivity contribution in [2.24, 2.45) is 5.41 Å². The summed E-state index contributed by atoms with van der Waals surface area (Å²) in [4.78, 5) is 45.2. The number of piperazine rings is 1. The first-order valence-electron chi connectivity index (χ1n) is 12.0. The van der Waals surface area contributed by atoms with Crippen molar-refractivity contribution in [3.8, 4) is 0 Å². The van der Waals surface area contributed by atoms with Crippen LogP contribution in [0.2, 0.25) is 0 Å². The Labute approximate surface area is 222 Å². The molecule has 1 aromatic carbocycles. The Morgan fingerprint density at radius 2 is 1.69 bits per heavy atom. The number of amides is 2. The van der Waals surface area contributed by atoms with E-state index in [1.165, 1.54) is 0 Å². The van der Waals surface area contributed by atoms with E-state index in [2.05, 4.69) is 22.0 Å². The number of nitrogens with one attached hydrogen (secondary N) is 1. The minimum absolute atomic E-state index is 0. The zero-order valence-electron chi connectivity index (χ0n) is 21.2. The average Bonchev–Trinajstić information content (AvgIpc) is 3.39. The summed E-state index contributed by atoms with van der Waals surface area (Å²) in [6.45, 7) is 13.6. The predicted octanol–water partition coefficient (Wildman–Crippen LogP) is 1.77. The molecule has 3 fully saturated rings. The molecule has 35 heavy (non-hydrogen) atoms. The van der Waals surface area contributed by atoms with E-state index in [0.29, 0.717) is 18.5 Å². The molecule has 0 aliphatic carbocycles. The van der Waals surface area contributed by atoms with Gasteiger partial charge in [-0.2, -0.15) is 27.0 Å². The summed E-state index contributed by atoms with van der Waals surface area (Å²) in [7, 11) is 0. The number of nitrogens with zero attached hydrogens (tertiary/aromatic N) is 3. The molecule has 0 unspecified atom stereocenters. The van der Waals surface area contributed by atoms with Crippen molar-refractivity contribution in [2.75, 3.05) is 50.8 Å². The number of hydrogen-bond donors (Lipinski definition) is 1. The van der Waals surface area contributed by atoms with Crippen LogP contribution >= 0.6 is 27.0 Å². The van der Waals surface area contributed by atoms with Gasteiger partial charge in [0.25, 0.3) is 5.91 Å². The summed E-state index contributed by atoms with van der Waals surface area (Å²) in [5.41, 5.74) is 1.12. The van der Waals surface area contributed by atoms with Gasteiger partial charge in [-0.3, -0.25) is 14.4 Å². The summed E-state index contributed by atoms with van der Waals surface area (Å²) in [6, 6.07) is 6.34. The largest absolute Gasteiger partial charge is 0.369 e. The van der Waals surface area contributed by atoms with Crippen LogP contribution < -0.4 is 10.2 Å². The minimum atomic E-state index is -0.737. The maximum absolute atomic E-state index is 13.5. The lowest BCUT2D eigenvalue weighted by molar-refractivity contribution is -0.140. The van der Waals surface area contributed by atoms with Crippen LogP contribution in [0.25, 0.3) is 0 Å². The van der Waals surface area contributed by atoms with E-state index in [-0.39, 0.29) is 57.3 Å². The third-order valence-corrected chi connectivity index (χ3v) is 7.10. The molecule has 3 saturated heterocycles. The van der Waals surface area contributed by atoms with Crippen molar-refractivity contribution in [1.82, 2.24) is 15.1 Å². The predicted molar refractivity (Wildman–Crippen MR) is 147 cm³/mol. The molecule has 1 N–H and O–H groups in total. The number of anilines is 1. The van der Waals surface area contributed by atoms with Gasteiger partial charge in [0.2, 0.25) is 5.91 Å². The number of carbonyl (C=O) groups excluding carboxylic acids is 3. The highest BCUT2D eigenvalue weighted by Crippen LogP contribution is 2.30. The molecule has 1 aromatic rings. The zero-order chi connectivity index (χ0) is 23.8. The van der Waals surface area contributed by atoms with Gasteiger partial charge in [0.1, 0.15) is 18.7 Å². The third kappa shape index (κ3) is 6.34. The first kappa shape index (κ1) is 29.5. The molecule has 3 heterocycles. The van der Waals surface area contributed by atoms with Crippen LogP contribution in [0.15, 0.2) is 24.3 Å². The number of Topliss-reactive ketones (excluding diaryl/α,β-unsaturated/α-hetero) is 1. The van der Waals surface area contributed by atoms with Crippen LogP contribution in [0, 0.1) is 5.41 Å². The second-order valence-corrected chi connectivity index (χ2v) is 10.3. The van der Waals surface area contributed by atoms with Crippen LogP contribution in [-0.2, 0) is 14.3 Å². The van der Waals surface area contributed by atoms with Crippen molar-refractivity contribution in [3.05, 3.63) is 29.8 Å². The molecule has 0 bridgehead atoms. The Bertz CT molecular complexity index is 898. The van der Waals surface area contributed by atoms with Crippen molar-refractivity contribution in [2.45, 2.75) is 52.3 Å². The highest BCUT2D eigenvalue weighted by molar-refractivity contribution is 7.59. The standard InChI is InChI=1S/C25H36N4O4.2H2S/c1-5-27-12-14-28(15-13-27)18-8-6-17(7-9-18)23(31)26-22(25(2,3)4)24(32)29-11-10-20-21(29)19(30)16-33-20;;/h6-9,20-22H,5,10-16H2,1-4H3,(H,26,31);2*1H2/t20-,21-,22-;;/m1../s1. The molecule has 3 aliphatic rings. The van der Waals surface area contributed by atoms with Gasteiger partial charge < -0.3 is 24.8 Å². The Hall–Kier alpha value is -1.75. The van der Waals surface area contributed by atoms with Gasteiger partial charge in [0.15, 0.2) is 5.78 Å². The van der Waals surface area contributed by atoms with Gasteiger partial charge in [0, 0.05) is 44.0 Å². The highest BCUT2D eigenvalue weighted by Gasteiger charge is 2.49. The lowest BCUT2D eigenvalue weighted by Crippen LogP contribution is -2.57. The summed E-state index contributed by atoms with van der Waals surface area (Å²) in [5.74, 6) is -0.553. The number of likely N-dealkylation sites (tertiary alicyclic amines) is 1. The molecule has 0 radical (unpaired) electrons. The Morgan fingerprint density at radius 1 is 1.06 bits per heavy atom. The second kappa shape index (κ2) is 12.0. The van der Waals surface area contributed by atoms with Gasteiger partial charge in [0.05, 0.1) is 6.10 Å². The van der Waals surface area contributed by atoms with Gasteiger partial charge in [-0.05, 0) is 42.6 Å². The Kier molecular flexibility index (Phi) is 10.1. The van der Waals surface area contributed by atoms with Crippen molar-refractivity contribution in [3.63, 3.8) is 0 Å². The summed E-state index contributed by atoms with van der Waals surface area (Å²) in [5, 5.41) is 2.95. The van der Waals surface area contributed by atoms with E-state index in [4.69, 9.17) is 4.74 Å². The monoisotopic (exact) mass is 524 g/mol. The molecule has 0 aromatic heterocycles. The Morgan fingerprint density at radius 3 is 2.26 bits per heavy atom. The average molecular weight is 525 g/mol. The van der Waals surface area contributed by atoms with Crippen molar-refractivity contribution < 1.29 is 19.1 Å². The number of carbonyl (C=O) groups is 3. The number of fused-ring (bicyclic) bond motifs is 1. The van der Waals surface area contributed by atoms with E-state index in [1.54, 1.807) is 4.90 Å². The van der Waals surface area contributed by atoms with Crippen LogP contribution in [0.1, 0.15) is 44.5 Å². The summed E-state index contributed by atoms with van der Waals surface area (Å²) < 4.78 is 5.52. The molecule has 3 aliphatic heterocycles. The SMILES string of the molecule is CCN1CCN(c2ccc(C(=O)N[C@H](C(=O)N3CC[C@H]4OCC(=O)[C@H]43)C(C)(C)C)cc2)CC1.S.S. The van der Waals surface area contributed by atoms with E-state index in [9.17, 15) is 14.4 Å². The summed E-state index contributed by atoms with van der Waals surface area (Å²) in [6.07, 6.45) is 0.436. The molecule has 2 amide bonds. The fourth-order valence-electron chi connectivity index (χ4n) is 5.02. The second-order valence-electron chi connectivity index (χ2n) is 10.3. The first-order chi connectivity index (χ1) is 15.7. The smallest absolute Gasteiger partial charge is 0.251 e. The molecule has 196 valence electrons. The number of likely N-dealkylation sites (N-methyl/N-ethyl adjacent to an activating group) is 1. The molecule has 8 nitrogen and oxygen atoms in total. The number of ketones is 1. The molecule has 4 rings (SSSR count). The van der Waals surface area contributed by atoms with Crippen LogP contribution in [0.5, 0.6) is 0 Å². The fourth-order valence-corrected chi connectivity index (χ4v) is 5.02. The number of ether oxygens (including phenoxy) is 1. The molecular weight excluding hydrogens is 484 g/mol. The van der Waals surface area contributed by atoms with Crippen molar-refractivity contribution in [1.29, 1.82) is 0 Å². The van der Waals surface area contributed by atoms with E-state index in [0.717, 1.165) is 38.4 Å². The van der Waals surface area contributed by atoms with Crippen molar-refractivity contribution >= 4 is 50.3 Å². The molecule has 0 spiro atoms. The van der Waals surface area contributed by atoms with Crippen LogP contribution in [0.4, 0.5) is 5.69 Å². The zero-order valence-corrected chi connectivity index (χ0v) is 23.2. The van der Waals surface area contributed by atoms with E-state index in [1.807, 2.05) is 45.0 Å². The topological polar surface area (TPSA) is 82.2 Å². The maximum atomic E-state index is 13.5. The third-order valence-electron chi connectivity index (χ3n) is 7.10. The van der Waals surface area contributed by atoms with Crippen LogP contribution in [-0.4, -0.2) is 91.5 Å². The highest BCUT2D eigenvalue weighted by atomic mass is 32.1. The molecule has 3 atom stereocenters. The number of hydrogen-bond acceptors (Lipinski definition) is 6. The van der Waals surface area contributed by atoms with Gasteiger partial charge in [-0.25, -0.2) is 0 Å². The van der Waals surface area contributed by atoms with Gasteiger partial charge in [-0.15, -0.1) is 0 Å².